The number of carbonyl (C=O) groups excluding carboxylic acids is 2. The number of fused-ring (bicyclic) bond motifs is 10. The van der Waals surface area contributed by atoms with Gasteiger partial charge in [-0.3, -0.25) is 14.5 Å². The number of hydrogen-bond acceptors (Lipinski definition) is 3. The smallest absolute Gasteiger partial charge is 0.262 e. The number of halogens is 2. The molecule has 0 saturated carbocycles. The summed E-state index contributed by atoms with van der Waals surface area (Å²) in [6, 6.07) is 12.4. The standard InChI is InChI=1S/C29H28Br2N4O2/c1-5-34(6-2)12-7-13-35-21-11-9-17(31)15-19(21)23-25-24(28(36)33(4)29(25)37)22-18-14-16(30)8-10-20(18)32(3)26(22)27(23)35/h8-11,14-15H,5-7,12-13H2,1-4H3. The third-order valence-corrected chi connectivity index (χ3v) is 8.94. The fourth-order valence-corrected chi connectivity index (χ4v) is 6.83. The molecule has 0 unspecified atom stereocenters. The molecule has 0 bridgehead atoms. The van der Waals surface area contributed by atoms with Crippen LogP contribution in [0.15, 0.2) is 45.3 Å². The highest BCUT2D eigenvalue weighted by atomic mass is 79.9. The lowest BCUT2D eigenvalue weighted by molar-refractivity contribution is 0.0694. The highest BCUT2D eigenvalue weighted by molar-refractivity contribution is 9.10. The number of rotatable bonds is 6. The van der Waals surface area contributed by atoms with Crippen LogP contribution in [0.25, 0.3) is 43.6 Å². The van der Waals surface area contributed by atoms with Crippen LogP contribution in [0.2, 0.25) is 0 Å². The van der Waals surface area contributed by atoms with Crippen molar-refractivity contribution in [3.8, 4) is 0 Å². The van der Waals surface area contributed by atoms with E-state index >= 15 is 0 Å². The number of aryl methyl sites for hydroxylation is 2. The monoisotopic (exact) mass is 622 g/mol. The van der Waals surface area contributed by atoms with Crippen LogP contribution in [0, 0.1) is 0 Å². The topological polar surface area (TPSA) is 50.5 Å². The van der Waals surface area contributed by atoms with Crippen molar-refractivity contribution in [2.24, 2.45) is 7.05 Å². The summed E-state index contributed by atoms with van der Waals surface area (Å²) in [4.78, 5) is 30.9. The minimum Gasteiger partial charge on any atom is -0.342 e. The molecule has 0 atom stereocenters. The van der Waals surface area contributed by atoms with Gasteiger partial charge < -0.3 is 14.0 Å². The molecule has 0 saturated heterocycles. The quantitative estimate of drug-likeness (QED) is 0.193. The number of nitrogens with zero attached hydrogens (tertiary/aromatic N) is 4. The molecule has 5 aromatic rings. The van der Waals surface area contributed by atoms with Gasteiger partial charge in [0.25, 0.3) is 11.8 Å². The second kappa shape index (κ2) is 8.96. The summed E-state index contributed by atoms with van der Waals surface area (Å²) in [6.45, 7) is 8.25. The fraction of sp³-hybridized carbons (Fsp3) is 0.310. The van der Waals surface area contributed by atoms with Gasteiger partial charge >= 0.3 is 0 Å². The molecule has 0 fully saturated rings. The van der Waals surface area contributed by atoms with Gasteiger partial charge in [0.2, 0.25) is 0 Å². The molecule has 2 aromatic heterocycles. The molecule has 37 heavy (non-hydrogen) atoms. The summed E-state index contributed by atoms with van der Waals surface area (Å²) in [5.74, 6) is -0.474. The minimum absolute atomic E-state index is 0.235. The Labute approximate surface area is 232 Å². The molecule has 1 aliphatic rings. The Morgan fingerprint density at radius 3 is 1.92 bits per heavy atom. The summed E-state index contributed by atoms with van der Waals surface area (Å²) in [7, 11) is 3.64. The fourth-order valence-electron chi connectivity index (χ4n) is 6.10. The Balaban J connectivity index is 1.80. The zero-order valence-electron chi connectivity index (χ0n) is 21.4. The molecule has 6 nitrogen and oxygen atoms in total. The molecule has 3 heterocycles. The van der Waals surface area contributed by atoms with Crippen LogP contribution in [0.3, 0.4) is 0 Å². The van der Waals surface area contributed by atoms with E-state index in [4.69, 9.17) is 0 Å². The van der Waals surface area contributed by atoms with Gasteiger partial charge in [0.05, 0.1) is 22.2 Å². The number of carbonyl (C=O) groups is 2. The lowest BCUT2D eigenvalue weighted by atomic mass is 9.96. The number of aromatic nitrogens is 2. The molecular weight excluding hydrogens is 596 g/mol. The molecule has 3 aromatic carbocycles. The zero-order valence-corrected chi connectivity index (χ0v) is 24.5. The molecule has 190 valence electrons. The maximum absolute atomic E-state index is 13.7. The van der Waals surface area contributed by atoms with Crippen molar-refractivity contribution in [1.29, 1.82) is 0 Å². The molecule has 6 rings (SSSR count). The van der Waals surface area contributed by atoms with Gasteiger partial charge in [0.1, 0.15) is 0 Å². The summed E-state index contributed by atoms with van der Waals surface area (Å²) in [6.07, 6.45) is 0.984. The van der Waals surface area contributed by atoms with Crippen molar-refractivity contribution < 1.29 is 9.59 Å². The van der Waals surface area contributed by atoms with Gasteiger partial charge in [0.15, 0.2) is 0 Å². The first kappa shape index (κ1) is 24.6. The molecule has 0 N–H and O–H groups in total. The first-order chi connectivity index (χ1) is 17.8. The normalized spacial score (nSPS) is 14.0. The maximum Gasteiger partial charge on any atom is 0.262 e. The third kappa shape index (κ3) is 3.45. The van der Waals surface area contributed by atoms with E-state index in [0.717, 1.165) is 85.2 Å². The van der Waals surface area contributed by atoms with Crippen LogP contribution in [0.4, 0.5) is 0 Å². The maximum atomic E-state index is 13.7. The van der Waals surface area contributed by atoms with Crippen molar-refractivity contribution in [3.63, 3.8) is 0 Å². The van der Waals surface area contributed by atoms with Crippen LogP contribution >= 0.6 is 31.9 Å². The van der Waals surface area contributed by atoms with E-state index in [1.54, 1.807) is 7.05 Å². The zero-order chi connectivity index (χ0) is 26.2. The Hall–Kier alpha value is -2.68. The van der Waals surface area contributed by atoms with Crippen LogP contribution in [-0.4, -0.2) is 57.4 Å². The average Bonchev–Trinajstić information content (AvgIpc) is 3.43. The van der Waals surface area contributed by atoms with Crippen molar-refractivity contribution in [2.75, 3.05) is 26.7 Å². The summed E-state index contributed by atoms with van der Waals surface area (Å²) < 4.78 is 6.44. The van der Waals surface area contributed by atoms with E-state index in [0.29, 0.717) is 11.1 Å². The average molecular weight is 624 g/mol. The Morgan fingerprint density at radius 1 is 0.784 bits per heavy atom. The largest absolute Gasteiger partial charge is 0.342 e. The molecule has 1 aliphatic heterocycles. The number of amides is 2. The van der Waals surface area contributed by atoms with Crippen molar-refractivity contribution >= 4 is 87.3 Å². The lowest BCUT2D eigenvalue weighted by Crippen LogP contribution is -2.24. The van der Waals surface area contributed by atoms with Gasteiger partial charge in [-0.1, -0.05) is 45.7 Å². The van der Waals surface area contributed by atoms with E-state index in [2.05, 4.69) is 97.1 Å². The predicted octanol–water partition coefficient (Wildman–Crippen LogP) is 6.92. The van der Waals surface area contributed by atoms with E-state index in [1.165, 1.54) is 4.90 Å². The highest BCUT2D eigenvalue weighted by Crippen LogP contribution is 2.46. The molecule has 8 heteroatoms. The lowest BCUT2D eigenvalue weighted by Gasteiger charge is -2.18. The molecule has 0 radical (unpaired) electrons. The van der Waals surface area contributed by atoms with Gasteiger partial charge in [-0.25, -0.2) is 0 Å². The third-order valence-electron chi connectivity index (χ3n) is 7.95. The van der Waals surface area contributed by atoms with E-state index in [9.17, 15) is 9.59 Å². The summed E-state index contributed by atoms with van der Waals surface area (Å²) in [5, 5.41) is 3.70. The van der Waals surface area contributed by atoms with E-state index < -0.39 is 0 Å². The molecule has 0 aliphatic carbocycles. The highest BCUT2D eigenvalue weighted by Gasteiger charge is 2.40. The molecule has 0 spiro atoms. The van der Waals surface area contributed by atoms with Crippen LogP contribution < -0.4 is 0 Å². The number of imide groups is 1. The van der Waals surface area contributed by atoms with Crippen LogP contribution in [0.1, 0.15) is 41.0 Å². The molecule has 2 amide bonds. The van der Waals surface area contributed by atoms with Gasteiger partial charge in [-0.05, 0) is 62.5 Å². The first-order valence-corrected chi connectivity index (χ1v) is 14.3. The Bertz CT molecular complexity index is 1780. The van der Waals surface area contributed by atoms with Gasteiger partial charge in [-0.15, -0.1) is 0 Å². The van der Waals surface area contributed by atoms with Crippen molar-refractivity contribution in [2.45, 2.75) is 26.8 Å². The van der Waals surface area contributed by atoms with E-state index in [-0.39, 0.29) is 11.8 Å². The second-order valence-electron chi connectivity index (χ2n) is 9.78. The number of benzene rings is 3. The first-order valence-electron chi connectivity index (χ1n) is 12.7. The van der Waals surface area contributed by atoms with E-state index in [1.807, 2.05) is 6.07 Å². The van der Waals surface area contributed by atoms with Crippen molar-refractivity contribution in [3.05, 3.63) is 56.5 Å². The Morgan fingerprint density at radius 2 is 1.32 bits per heavy atom. The Kier molecular flexibility index (Phi) is 5.97. The minimum atomic E-state index is -0.239. The summed E-state index contributed by atoms with van der Waals surface area (Å²) >= 11 is 7.27. The molecular formula is C29H28Br2N4O2. The van der Waals surface area contributed by atoms with Crippen LogP contribution in [0.5, 0.6) is 0 Å². The van der Waals surface area contributed by atoms with Crippen LogP contribution in [-0.2, 0) is 13.6 Å². The predicted molar refractivity (Wildman–Crippen MR) is 158 cm³/mol. The van der Waals surface area contributed by atoms with Gasteiger partial charge in [0, 0.05) is 62.2 Å². The number of hydrogen-bond donors (Lipinski definition) is 0. The van der Waals surface area contributed by atoms with Gasteiger partial charge in [-0.2, -0.15) is 0 Å². The van der Waals surface area contributed by atoms with Crippen molar-refractivity contribution in [1.82, 2.24) is 18.9 Å². The SMILES string of the molecule is CCN(CC)CCCn1c2ccc(Br)cc2c2c3c(c4c5cc(Br)ccc5n(C)c4c21)C(=O)N(C)C3=O. The summed E-state index contributed by atoms with van der Waals surface area (Å²) in [5.41, 5.74) is 5.16. The second-order valence-corrected chi connectivity index (χ2v) is 11.6.